The van der Waals surface area contributed by atoms with Crippen LogP contribution in [0.3, 0.4) is 0 Å². The Labute approximate surface area is 112 Å². The average Bonchev–Trinajstić information content (AvgIpc) is 2.28. The van der Waals surface area contributed by atoms with Crippen molar-refractivity contribution in [2.45, 2.75) is 45.4 Å². The lowest BCUT2D eigenvalue weighted by molar-refractivity contribution is -0.117. The molecule has 0 bridgehead atoms. The van der Waals surface area contributed by atoms with Crippen LogP contribution in [0, 0.1) is 12.8 Å². The monoisotopic (exact) mass is 267 g/mol. The second-order valence-electron chi connectivity index (χ2n) is 4.91. The number of hydrogen-bond donors (Lipinski definition) is 1. The molecule has 1 saturated carbocycles. The number of halogens is 1. The molecule has 1 aromatic heterocycles. The van der Waals surface area contributed by atoms with Crippen molar-refractivity contribution in [3.05, 3.63) is 16.9 Å². The molecule has 1 N–H and O–H groups in total. The number of hydrogen-bond acceptors (Lipinski definition) is 3. The Morgan fingerprint density at radius 2 is 2.11 bits per heavy atom. The van der Waals surface area contributed by atoms with Gasteiger partial charge < -0.3 is 0 Å². The fourth-order valence-electron chi connectivity index (χ4n) is 2.42. The molecular weight excluding hydrogens is 250 g/mol. The van der Waals surface area contributed by atoms with Gasteiger partial charge in [0.2, 0.25) is 11.9 Å². The Kier molecular flexibility index (Phi) is 4.53. The van der Waals surface area contributed by atoms with Crippen molar-refractivity contribution in [1.29, 1.82) is 0 Å². The summed E-state index contributed by atoms with van der Waals surface area (Å²) in [7, 11) is 0. The number of nitrogens with one attached hydrogen (secondary N) is 1. The van der Waals surface area contributed by atoms with Crippen LogP contribution in [0.25, 0.3) is 0 Å². The van der Waals surface area contributed by atoms with Gasteiger partial charge in [-0.3, -0.25) is 10.1 Å². The lowest BCUT2D eigenvalue weighted by Gasteiger charge is -2.20. The summed E-state index contributed by atoms with van der Waals surface area (Å²) in [6.07, 6.45) is 6.66. The molecule has 18 heavy (non-hydrogen) atoms. The van der Waals surface area contributed by atoms with E-state index in [0.717, 1.165) is 18.5 Å². The minimum Gasteiger partial charge on any atom is -0.294 e. The first kappa shape index (κ1) is 13.3. The quantitative estimate of drug-likeness (QED) is 0.855. The summed E-state index contributed by atoms with van der Waals surface area (Å²) >= 11 is 5.82. The molecule has 5 heteroatoms. The molecule has 0 radical (unpaired) electrons. The van der Waals surface area contributed by atoms with Crippen LogP contribution in [0.2, 0.25) is 5.15 Å². The zero-order valence-electron chi connectivity index (χ0n) is 10.6. The molecule has 4 nitrogen and oxygen atoms in total. The van der Waals surface area contributed by atoms with Crippen molar-refractivity contribution in [3.63, 3.8) is 0 Å². The molecule has 1 amide bonds. The fraction of sp³-hybridized carbons (Fsp3) is 0.615. The largest absolute Gasteiger partial charge is 0.294 e. The molecule has 1 heterocycles. The lowest BCUT2D eigenvalue weighted by Crippen LogP contribution is -2.19. The van der Waals surface area contributed by atoms with Gasteiger partial charge in [0.05, 0.1) is 0 Å². The van der Waals surface area contributed by atoms with Crippen LogP contribution in [-0.2, 0) is 4.79 Å². The summed E-state index contributed by atoms with van der Waals surface area (Å²) in [5.74, 6) is 0.809. The number of carbonyl (C=O) groups is 1. The maximum Gasteiger partial charge on any atom is 0.231 e. The number of rotatable bonds is 3. The van der Waals surface area contributed by atoms with Gasteiger partial charge in [-0.1, -0.05) is 30.9 Å². The number of amides is 1. The predicted molar refractivity (Wildman–Crippen MR) is 71.6 cm³/mol. The van der Waals surface area contributed by atoms with E-state index in [1.54, 1.807) is 6.07 Å². The van der Waals surface area contributed by atoms with E-state index >= 15 is 0 Å². The summed E-state index contributed by atoms with van der Waals surface area (Å²) < 4.78 is 0. The molecule has 1 fully saturated rings. The first-order chi connectivity index (χ1) is 8.63. The Balaban J connectivity index is 1.89. The first-order valence-electron chi connectivity index (χ1n) is 6.44. The third kappa shape index (κ3) is 3.95. The number of aromatic nitrogens is 2. The highest BCUT2D eigenvalue weighted by Crippen LogP contribution is 2.26. The van der Waals surface area contributed by atoms with E-state index in [9.17, 15) is 4.79 Å². The van der Waals surface area contributed by atoms with E-state index in [2.05, 4.69) is 15.3 Å². The summed E-state index contributed by atoms with van der Waals surface area (Å²) in [6.45, 7) is 1.82. The highest BCUT2D eigenvalue weighted by atomic mass is 35.5. The number of anilines is 1. The van der Waals surface area contributed by atoms with Crippen LogP contribution in [0.15, 0.2) is 6.07 Å². The molecule has 0 spiro atoms. The second-order valence-corrected chi connectivity index (χ2v) is 5.30. The fourth-order valence-corrected chi connectivity index (χ4v) is 2.65. The van der Waals surface area contributed by atoms with E-state index in [1.807, 2.05) is 6.92 Å². The number of nitrogens with zero attached hydrogens (tertiary/aromatic N) is 2. The maximum absolute atomic E-state index is 11.9. The van der Waals surface area contributed by atoms with E-state index in [1.165, 1.54) is 19.3 Å². The molecular formula is C13H18ClN3O. The van der Waals surface area contributed by atoms with Gasteiger partial charge >= 0.3 is 0 Å². The Morgan fingerprint density at radius 3 is 2.78 bits per heavy atom. The Hall–Kier alpha value is -1.16. The van der Waals surface area contributed by atoms with E-state index in [0.29, 0.717) is 23.4 Å². The number of carbonyl (C=O) groups excluding carboxylic acids is 1. The molecule has 0 aliphatic heterocycles. The highest BCUT2D eigenvalue weighted by Gasteiger charge is 2.17. The first-order valence-corrected chi connectivity index (χ1v) is 6.82. The standard InChI is InChI=1S/C13H18ClN3O/c1-9-7-11(14)16-13(15-9)17-12(18)8-10-5-3-2-4-6-10/h7,10H,2-6,8H2,1H3,(H,15,16,17,18). The van der Waals surface area contributed by atoms with Gasteiger partial charge in [-0.05, 0) is 31.7 Å². The van der Waals surface area contributed by atoms with Crippen molar-refractivity contribution in [1.82, 2.24) is 9.97 Å². The summed E-state index contributed by atoms with van der Waals surface area (Å²) in [5.41, 5.74) is 0.753. The van der Waals surface area contributed by atoms with Crippen molar-refractivity contribution >= 4 is 23.5 Å². The number of aryl methyl sites for hydroxylation is 1. The average molecular weight is 268 g/mol. The molecule has 2 rings (SSSR count). The highest BCUT2D eigenvalue weighted by molar-refractivity contribution is 6.29. The zero-order chi connectivity index (χ0) is 13.0. The minimum atomic E-state index is -0.0106. The molecule has 98 valence electrons. The van der Waals surface area contributed by atoms with Gasteiger partial charge in [0.25, 0.3) is 0 Å². The Morgan fingerprint density at radius 1 is 1.39 bits per heavy atom. The summed E-state index contributed by atoms with van der Waals surface area (Å²) in [4.78, 5) is 20.0. The molecule has 1 aliphatic carbocycles. The predicted octanol–water partition coefficient (Wildman–Crippen LogP) is 3.35. The van der Waals surface area contributed by atoms with Crippen LogP contribution >= 0.6 is 11.6 Å². The zero-order valence-corrected chi connectivity index (χ0v) is 11.3. The molecule has 0 unspecified atom stereocenters. The van der Waals surface area contributed by atoms with Crippen molar-refractivity contribution in [2.75, 3.05) is 5.32 Å². The summed E-state index contributed by atoms with van der Waals surface area (Å²) in [5, 5.41) is 3.08. The van der Waals surface area contributed by atoms with E-state index in [4.69, 9.17) is 11.6 Å². The normalized spacial score (nSPS) is 16.6. The van der Waals surface area contributed by atoms with Crippen LogP contribution in [-0.4, -0.2) is 15.9 Å². The van der Waals surface area contributed by atoms with Crippen molar-refractivity contribution < 1.29 is 4.79 Å². The minimum absolute atomic E-state index is 0.0106. The van der Waals surface area contributed by atoms with Crippen LogP contribution in [0.4, 0.5) is 5.95 Å². The van der Waals surface area contributed by atoms with Crippen molar-refractivity contribution in [2.24, 2.45) is 5.92 Å². The van der Waals surface area contributed by atoms with Gasteiger partial charge in [-0.2, -0.15) is 0 Å². The molecule has 1 aromatic rings. The van der Waals surface area contributed by atoms with Gasteiger partial charge in [0.1, 0.15) is 5.15 Å². The van der Waals surface area contributed by atoms with Gasteiger partial charge in [-0.15, -0.1) is 0 Å². The molecule has 0 atom stereocenters. The lowest BCUT2D eigenvalue weighted by atomic mass is 9.87. The third-order valence-electron chi connectivity index (χ3n) is 3.27. The van der Waals surface area contributed by atoms with Crippen LogP contribution in [0.1, 0.15) is 44.2 Å². The van der Waals surface area contributed by atoms with Crippen LogP contribution in [0.5, 0.6) is 0 Å². The van der Waals surface area contributed by atoms with Gasteiger partial charge in [-0.25, -0.2) is 9.97 Å². The third-order valence-corrected chi connectivity index (χ3v) is 3.47. The van der Waals surface area contributed by atoms with Crippen LogP contribution < -0.4 is 5.32 Å². The van der Waals surface area contributed by atoms with Gasteiger partial charge in [0, 0.05) is 12.1 Å². The van der Waals surface area contributed by atoms with Gasteiger partial charge in [0.15, 0.2) is 0 Å². The maximum atomic E-state index is 11.9. The molecule has 1 aliphatic rings. The summed E-state index contributed by atoms with van der Waals surface area (Å²) in [6, 6.07) is 1.67. The SMILES string of the molecule is Cc1cc(Cl)nc(NC(=O)CC2CCCCC2)n1. The van der Waals surface area contributed by atoms with E-state index < -0.39 is 0 Å². The molecule has 0 saturated heterocycles. The molecule has 0 aromatic carbocycles. The smallest absolute Gasteiger partial charge is 0.231 e. The topological polar surface area (TPSA) is 54.9 Å². The Bertz CT molecular complexity index is 410. The van der Waals surface area contributed by atoms with Crippen molar-refractivity contribution in [3.8, 4) is 0 Å². The second kappa shape index (κ2) is 6.14. The van der Waals surface area contributed by atoms with E-state index in [-0.39, 0.29) is 5.91 Å².